The van der Waals surface area contributed by atoms with Gasteiger partial charge in [0.25, 0.3) is 0 Å². The Bertz CT molecular complexity index is 665. The van der Waals surface area contributed by atoms with Crippen LogP contribution in [0.15, 0.2) is 12.7 Å². The van der Waals surface area contributed by atoms with Crippen molar-refractivity contribution in [2.24, 2.45) is 23.2 Å². The van der Waals surface area contributed by atoms with Crippen molar-refractivity contribution in [3.63, 3.8) is 0 Å². The van der Waals surface area contributed by atoms with Gasteiger partial charge in [0, 0.05) is 42.3 Å². The van der Waals surface area contributed by atoms with E-state index >= 15 is 0 Å². The van der Waals surface area contributed by atoms with Crippen LogP contribution in [0.1, 0.15) is 73.6 Å². The van der Waals surface area contributed by atoms with Gasteiger partial charge in [-0.1, -0.05) is 33.8 Å². The molecule has 0 unspecified atom stereocenters. The highest BCUT2D eigenvalue weighted by Gasteiger charge is 2.69. The van der Waals surface area contributed by atoms with Crippen molar-refractivity contribution in [3.05, 3.63) is 12.7 Å². The first-order valence-corrected chi connectivity index (χ1v) is 14.8. The fourth-order valence-corrected chi connectivity index (χ4v) is 7.57. The average Bonchev–Trinajstić information content (AvgIpc) is 2.86. The molecule has 5 heteroatoms. The molecule has 0 aromatic heterocycles. The number of allylic oxidation sites excluding steroid dienone is 1. The lowest BCUT2D eigenvalue weighted by Gasteiger charge is -2.56. The predicted molar refractivity (Wildman–Crippen MR) is 124 cm³/mol. The minimum atomic E-state index is -2.02. The van der Waals surface area contributed by atoms with Crippen molar-refractivity contribution in [2.75, 3.05) is 6.61 Å². The van der Waals surface area contributed by atoms with Crippen LogP contribution in [0.25, 0.3) is 0 Å². The summed E-state index contributed by atoms with van der Waals surface area (Å²) >= 11 is 0. The largest absolute Gasteiger partial charge is 0.414 e. The number of ketones is 1. The third kappa shape index (κ3) is 3.89. The van der Waals surface area contributed by atoms with E-state index < -0.39 is 8.32 Å². The van der Waals surface area contributed by atoms with Crippen LogP contribution in [-0.2, 0) is 18.7 Å². The SMILES string of the molecule is C=CCC[C@@H](O[Si](C)(C)C(C)(C)C)[C@H]1[C@@H](C)C(=O)C[C@H]2C(C)(C)O[C@@H]3OCCC[C@]312. The average molecular weight is 437 g/mol. The van der Waals surface area contributed by atoms with Gasteiger partial charge in [0.05, 0.1) is 5.60 Å². The zero-order valence-electron chi connectivity index (χ0n) is 20.5. The Morgan fingerprint density at radius 1 is 1.33 bits per heavy atom. The van der Waals surface area contributed by atoms with E-state index in [2.05, 4.69) is 61.2 Å². The van der Waals surface area contributed by atoms with Crippen molar-refractivity contribution in [1.29, 1.82) is 0 Å². The number of carbonyl (C=O) groups is 1. The number of Topliss-reactive ketones (excluding diaryl/α,β-unsaturated/α-hetero) is 1. The second kappa shape index (κ2) is 8.13. The number of hydrogen-bond donors (Lipinski definition) is 0. The van der Waals surface area contributed by atoms with Crippen molar-refractivity contribution in [2.45, 2.75) is 110 Å². The van der Waals surface area contributed by atoms with Crippen LogP contribution in [0.5, 0.6) is 0 Å². The Hall–Kier alpha value is -0.493. The molecule has 0 amide bonds. The zero-order valence-corrected chi connectivity index (χ0v) is 21.5. The van der Waals surface area contributed by atoms with E-state index in [1.54, 1.807) is 0 Å². The second-order valence-corrected chi connectivity index (χ2v) is 16.7. The molecule has 30 heavy (non-hydrogen) atoms. The molecule has 172 valence electrons. The Morgan fingerprint density at radius 2 is 2.00 bits per heavy atom. The molecular weight excluding hydrogens is 392 g/mol. The Balaban J connectivity index is 2.09. The zero-order chi connectivity index (χ0) is 22.5. The molecule has 3 rings (SSSR count). The third-order valence-corrected chi connectivity index (χ3v) is 13.2. The van der Waals surface area contributed by atoms with Gasteiger partial charge < -0.3 is 13.9 Å². The van der Waals surface area contributed by atoms with E-state index in [9.17, 15) is 4.79 Å². The van der Waals surface area contributed by atoms with E-state index in [-0.39, 0.29) is 46.2 Å². The van der Waals surface area contributed by atoms with Crippen LogP contribution in [0.4, 0.5) is 0 Å². The summed E-state index contributed by atoms with van der Waals surface area (Å²) < 4.78 is 19.9. The molecule has 0 radical (unpaired) electrons. The van der Waals surface area contributed by atoms with Crippen molar-refractivity contribution < 1.29 is 18.7 Å². The smallest absolute Gasteiger partial charge is 0.192 e. The highest BCUT2D eigenvalue weighted by atomic mass is 28.4. The summed E-state index contributed by atoms with van der Waals surface area (Å²) in [5.41, 5.74) is -0.508. The summed E-state index contributed by atoms with van der Waals surface area (Å²) in [6.45, 7) is 22.6. The molecular formula is C25H44O4Si. The highest BCUT2D eigenvalue weighted by Crippen LogP contribution is 2.65. The first kappa shape index (κ1) is 24.2. The summed E-state index contributed by atoms with van der Waals surface area (Å²) in [4.78, 5) is 13.3. The molecule has 1 spiro atoms. The second-order valence-electron chi connectivity index (χ2n) is 12.0. The molecule has 2 aliphatic heterocycles. The maximum Gasteiger partial charge on any atom is 0.192 e. The molecule has 3 aliphatic rings. The van der Waals surface area contributed by atoms with E-state index in [4.69, 9.17) is 13.9 Å². The van der Waals surface area contributed by atoms with Crippen LogP contribution in [0, 0.1) is 23.2 Å². The molecule has 0 N–H and O–H groups in total. The maximum absolute atomic E-state index is 13.3. The summed E-state index contributed by atoms with van der Waals surface area (Å²) in [6, 6.07) is 0. The molecule has 4 nitrogen and oxygen atoms in total. The van der Waals surface area contributed by atoms with Gasteiger partial charge in [0.2, 0.25) is 0 Å². The lowest BCUT2D eigenvalue weighted by Crippen LogP contribution is -2.60. The maximum atomic E-state index is 13.3. The van der Waals surface area contributed by atoms with Gasteiger partial charge in [0.1, 0.15) is 5.78 Å². The Labute approximate surface area is 185 Å². The van der Waals surface area contributed by atoms with Crippen LogP contribution >= 0.6 is 0 Å². The van der Waals surface area contributed by atoms with Gasteiger partial charge in [0.15, 0.2) is 14.6 Å². The van der Waals surface area contributed by atoms with E-state index in [1.165, 1.54) is 0 Å². The lowest BCUT2D eigenvalue weighted by molar-refractivity contribution is -0.236. The standard InChI is InChI=1S/C25H44O4Si/c1-10-11-13-19(29-30(8,9)23(3,4)5)21-17(2)18(26)16-20-24(6,7)28-22-25(20,21)14-12-15-27-22/h10,17,19-22H,1,11-16H2,2-9H3/t17-,19+,20-,21+,22-,25+/m0/s1. The molecule has 2 heterocycles. The van der Waals surface area contributed by atoms with Crippen LogP contribution < -0.4 is 0 Å². The first-order valence-electron chi connectivity index (χ1n) is 11.9. The van der Waals surface area contributed by atoms with Crippen molar-refractivity contribution in [1.82, 2.24) is 0 Å². The quantitative estimate of drug-likeness (QED) is 0.372. The van der Waals surface area contributed by atoms with Crippen LogP contribution in [-0.4, -0.2) is 38.7 Å². The van der Waals surface area contributed by atoms with Gasteiger partial charge in [-0.3, -0.25) is 4.79 Å². The monoisotopic (exact) mass is 436 g/mol. The van der Waals surface area contributed by atoms with Gasteiger partial charge in [-0.05, 0) is 57.7 Å². The van der Waals surface area contributed by atoms with Gasteiger partial charge >= 0.3 is 0 Å². The van der Waals surface area contributed by atoms with Crippen LogP contribution in [0.3, 0.4) is 0 Å². The molecule has 3 fully saturated rings. The van der Waals surface area contributed by atoms with Gasteiger partial charge in [-0.15, -0.1) is 6.58 Å². The van der Waals surface area contributed by atoms with Gasteiger partial charge in [-0.25, -0.2) is 0 Å². The van der Waals surface area contributed by atoms with Crippen molar-refractivity contribution in [3.8, 4) is 0 Å². The fraction of sp³-hybridized carbons (Fsp3) is 0.880. The molecule has 0 bridgehead atoms. The molecule has 0 aromatic rings. The van der Waals surface area contributed by atoms with Gasteiger partial charge in [-0.2, -0.15) is 0 Å². The van der Waals surface area contributed by atoms with Crippen LogP contribution in [0.2, 0.25) is 18.1 Å². The summed E-state index contributed by atoms with van der Waals surface area (Å²) in [6.07, 6.45) is 6.24. The third-order valence-electron chi connectivity index (χ3n) is 8.74. The minimum Gasteiger partial charge on any atom is -0.414 e. The number of carbonyl (C=O) groups excluding carboxylic acids is 1. The lowest BCUT2D eigenvalue weighted by atomic mass is 9.50. The highest BCUT2D eigenvalue weighted by molar-refractivity contribution is 6.74. The minimum absolute atomic E-state index is 0.0207. The first-order chi connectivity index (χ1) is 13.8. The number of hydrogen-bond acceptors (Lipinski definition) is 4. The Kier molecular flexibility index (Phi) is 6.55. The molecule has 2 saturated heterocycles. The molecule has 6 atom stereocenters. The van der Waals surface area contributed by atoms with E-state index in [0.29, 0.717) is 12.2 Å². The number of ether oxygens (including phenoxy) is 2. The topological polar surface area (TPSA) is 44.8 Å². The predicted octanol–water partition coefficient (Wildman–Crippen LogP) is 6.12. The summed E-state index contributed by atoms with van der Waals surface area (Å²) in [5.74, 6) is 0.617. The fourth-order valence-electron chi connectivity index (χ4n) is 6.19. The Morgan fingerprint density at radius 3 is 2.60 bits per heavy atom. The number of rotatable bonds is 6. The molecule has 1 saturated carbocycles. The molecule has 0 aromatic carbocycles. The summed E-state index contributed by atoms with van der Waals surface area (Å²) in [7, 11) is -2.02. The normalized spacial score (nSPS) is 37.4. The van der Waals surface area contributed by atoms with E-state index in [0.717, 1.165) is 32.3 Å². The molecule has 1 aliphatic carbocycles. The summed E-state index contributed by atoms with van der Waals surface area (Å²) in [5, 5.41) is 0.117. The van der Waals surface area contributed by atoms with E-state index in [1.807, 2.05) is 6.08 Å². The van der Waals surface area contributed by atoms with Crippen molar-refractivity contribution >= 4 is 14.1 Å².